The second-order valence-corrected chi connectivity index (χ2v) is 6.29. The van der Waals surface area contributed by atoms with Crippen LogP contribution in [0.3, 0.4) is 0 Å². The highest BCUT2D eigenvalue weighted by Gasteiger charge is 2.27. The molecule has 2 aromatic rings. The van der Waals surface area contributed by atoms with E-state index in [1.807, 2.05) is 48.5 Å². The summed E-state index contributed by atoms with van der Waals surface area (Å²) in [6, 6.07) is 18.2. The third kappa shape index (κ3) is 4.33. The van der Waals surface area contributed by atoms with Crippen molar-refractivity contribution in [2.75, 3.05) is 38.2 Å². The van der Waals surface area contributed by atoms with Crippen LogP contribution >= 0.6 is 0 Å². The maximum atomic E-state index is 10.6. The van der Waals surface area contributed by atoms with E-state index in [4.69, 9.17) is 4.74 Å². The van der Waals surface area contributed by atoms with Gasteiger partial charge < -0.3 is 14.7 Å². The number of nitrogens with zero attached hydrogens (tertiary/aromatic N) is 2. The van der Waals surface area contributed by atoms with Crippen LogP contribution in [0.2, 0.25) is 0 Å². The molecule has 3 rings (SSSR count). The molecular weight excluding hydrogens is 312 g/mol. The maximum absolute atomic E-state index is 10.6. The number of piperazine rings is 1. The molecule has 1 aliphatic heterocycles. The van der Waals surface area contributed by atoms with E-state index in [0.717, 1.165) is 43.2 Å². The van der Waals surface area contributed by atoms with Crippen LogP contribution in [0.15, 0.2) is 54.6 Å². The summed E-state index contributed by atoms with van der Waals surface area (Å²) in [5.41, 5.74) is 2.13. The summed E-state index contributed by atoms with van der Waals surface area (Å²) >= 11 is 0. The number of rotatable bonds is 5. The van der Waals surface area contributed by atoms with Gasteiger partial charge in [-0.15, -0.1) is 0 Å². The number of aliphatic hydroxyl groups is 1. The summed E-state index contributed by atoms with van der Waals surface area (Å²) < 4.78 is 5.47. The number of hydrogen-bond acceptors (Lipinski definition) is 4. The van der Waals surface area contributed by atoms with E-state index in [-0.39, 0.29) is 13.5 Å². The smallest absolute Gasteiger partial charge is 0.142 e. The Balaban J connectivity index is 0.00000225. The molecule has 0 aromatic heterocycles. The summed E-state index contributed by atoms with van der Waals surface area (Å²) in [5, 5.41) is 10.6. The number of aliphatic hydroxyl groups excluding tert-OH is 1. The molecule has 4 heteroatoms. The van der Waals surface area contributed by atoms with Gasteiger partial charge in [0.25, 0.3) is 0 Å². The Bertz CT molecular complexity index is 639. The van der Waals surface area contributed by atoms with Crippen molar-refractivity contribution in [1.82, 2.24) is 4.90 Å². The number of ether oxygens (including phenoxy) is 1. The molecule has 2 aromatic carbocycles. The largest absolute Gasteiger partial charge is 0.495 e. The van der Waals surface area contributed by atoms with Crippen molar-refractivity contribution in [1.29, 1.82) is 0 Å². The number of benzene rings is 2. The Morgan fingerprint density at radius 1 is 0.920 bits per heavy atom. The molecule has 0 aliphatic carbocycles. The van der Waals surface area contributed by atoms with Crippen LogP contribution in [0.5, 0.6) is 5.75 Å². The summed E-state index contributed by atoms with van der Waals surface area (Å²) in [4.78, 5) is 4.72. The molecule has 2 atom stereocenters. The van der Waals surface area contributed by atoms with Gasteiger partial charge in [0, 0.05) is 32.2 Å². The van der Waals surface area contributed by atoms with Crippen molar-refractivity contribution in [3.63, 3.8) is 0 Å². The van der Waals surface area contributed by atoms with Crippen molar-refractivity contribution in [2.24, 2.45) is 0 Å². The highest BCUT2D eigenvalue weighted by atomic mass is 16.5. The highest BCUT2D eigenvalue weighted by molar-refractivity contribution is 5.58. The van der Waals surface area contributed by atoms with Gasteiger partial charge in [-0.2, -0.15) is 0 Å². The Kier molecular flexibility index (Phi) is 6.85. The molecule has 1 aliphatic rings. The van der Waals surface area contributed by atoms with Crippen LogP contribution in [-0.2, 0) is 0 Å². The minimum absolute atomic E-state index is 0. The Morgan fingerprint density at radius 3 is 2.16 bits per heavy atom. The summed E-state index contributed by atoms with van der Waals surface area (Å²) in [6.07, 6.45) is -0.455. The molecule has 0 spiro atoms. The van der Waals surface area contributed by atoms with E-state index in [1.54, 1.807) is 7.11 Å². The van der Waals surface area contributed by atoms with Gasteiger partial charge in [-0.1, -0.05) is 49.9 Å². The monoisotopic (exact) mass is 342 g/mol. The molecule has 0 amide bonds. The van der Waals surface area contributed by atoms with Crippen molar-refractivity contribution >= 4 is 5.69 Å². The van der Waals surface area contributed by atoms with Crippen LogP contribution in [0.4, 0.5) is 5.69 Å². The number of hydrogen-bond donors (Lipinski definition) is 1. The molecule has 0 saturated carbocycles. The van der Waals surface area contributed by atoms with Crippen molar-refractivity contribution in [3.05, 3.63) is 60.2 Å². The first-order chi connectivity index (χ1) is 11.7. The minimum atomic E-state index is -0.455. The van der Waals surface area contributed by atoms with Gasteiger partial charge in [0.2, 0.25) is 0 Å². The maximum Gasteiger partial charge on any atom is 0.142 e. The first-order valence-electron chi connectivity index (χ1n) is 8.55. The van der Waals surface area contributed by atoms with Crippen molar-refractivity contribution in [2.45, 2.75) is 26.5 Å². The van der Waals surface area contributed by atoms with E-state index in [9.17, 15) is 5.11 Å². The first kappa shape index (κ1) is 19.3. The summed E-state index contributed by atoms with van der Waals surface area (Å²) in [6.45, 7) is 5.85. The molecule has 25 heavy (non-hydrogen) atoms. The van der Waals surface area contributed by atoms with Gasteiger partial charge in [-0.05, 0) is 24.6 Å². The molecular formula is C21H30N2O2. The highest BCUT2D eigenvalue weighted by Crippen LogP contribution is 2.29. The second-order valence-electron chi connectivity index (χ2n) is 6.29. The van der Waals surface area contributed by atoms with Gasteiger partial charge in [-0.25, -0.2) is 0 Å². The molecule has 0 bridgehead atoms. The van der Waals surface area contributed by atoms with E-state index in [2.05, 4.69) is 22.8 Å². The summed E-state index contributed by atoms with van der Waals surface area (Å²) in [7, 11) is 1.72. The van der Waals surface area contributed by atoms with Crippen LogP contribution in [-0.4, -0.2) is 49.3 Å². The molecule has 1 saturated heterocycles. The molecule has 1 heterocycles. The van der Waals surface area contributed by atoms with Crippen LogP contribution in [0.1, 0.15) is 26.0 Å². The molecule has 0 unspecified atom stereocenters. The van der Waals surface area contributed by atoms with Crippen LogP contribution in [0.25, 0.3) is 0 Å². The van der Waals surface area contributed by atoms with E-state index in [1.165, 1.54) is 0 Å². The topological polar surface area (TPSA) is 35.9 Å². The van der Waals surface area contributed by atoms with Gasteiger partial charge in [0.15, 0.2) is 0 Å². The second kappa shape index (κ2) is 8.88. The normalized spacial score (nSPS) is 17.5. The van der Waals surface area contributed by atoms with E-state index < -0.39 is 6.10 Å². The van der Waals surface area contributed by atoms with Gasteiger partial charge in [0.1, 0.15) is 5.75 Å². The number of anilines is 1. The number of methoxy groups -OCH3 is 1. The quantitative estimate of drug-likeness (QED) is 0.901. The Labute approximate surface area is 151 Å². The van der Waals surface area contributed by atoms with Gasteiger partial charge in [0.05, 0.1) is 18.9 Å². The van der Waals surface area contributed by atoms with Crippen LogP contribution in [0, 0.1) is 0 Å². The molecule has 4 nitrogen and oxygen atoms in total. The fraction of sp³-hybridized carbons (Fsp3) is 0.429. The summed E-state index contributed by atoms with van der Waals surface area (Å²) in [5.74, 6) is 0.920. The van der Waals surface area contributed by atoms with E-state index in [0.29, 0.717) is 0 Å². The Hall–Kier alpha value is -2.04. The van der Waals surface area contributed by atoms with Gasteiger partial charge >= 0.3 is 0 Å². The lowest BCUT2D eigenvalue weighted by atomic mass is 10.0. The third-order valence-electron chi connectivity index (χ3n) is 4.91. The predicted molar refractivity (Wildman–Crippen MR) is 104 cm³/mol. The zero-order valence-electron chi connectivity index (χ0n) is 14.4. The molecule has 136 valence electrons. The van der Waals surface area contributed by atoms with Crippen LogP contribution < -0.4 is 9.64 Å². The Morgan fingerprint density at radius 2 is 1.52 bits per heavy atom. The molecule has 1 fully saturated rings. The van der Waals surface area contributed by atoms with Crippen molar-refractivity contribution < 1.29 is 9.84 Å². The SMILES string of the molecule is C.COc1ccccc1N1CCN([C@H](C)[C@@H](O)c2ccccc2)CC1. The average molecular weight is 342 g/mol. The lowest BCUT2D eigenvalue weighted by Gasteiger charge is -2.40. The van der Waals surface area contributed by atoms with Crippen molar-refractivity contribution in [3.8, 4) is 5.75 Å². The third-order valence-corrected chi connectivity index (χ3v) is 4.91. The lowest BCUT2D eigenvalue weighted by Crippen LogP contribution is -2.51. The molecule has 0 radical (unpaired) electrons. The number of para-hydroxylation sites is 2. The zero-order chi connectivity index (χ0) is 16.9. The van der Waals surface area contributed by atoms with Gasteiger partial charge in [-0.3, -0.25) is 4.90 Å². The zero-order valence-corrected chi connectivity index (χ0v) is 14.4. The predicted octanol–water partition coefficient (Wildman–Crippen LogP) is 3.58. The fourth-order valence-electron chi connectivity index (χ4n) is 3.39. The minimum Gasteiger partial charge on any atom is -0.495 e. The average Bonchev–Trinajstić information content (AvgIpc) is 2.67. The van der Waals surface area contributed by atoms with E-state index >= 15 is 0 Å². The first-order valence-corrected chi connectivity index (χ1v) is 8.55. The molecule has 1 N–H and O–H groups in total. The lowest BCUT2D eigenvalue weighted by molar-refractivity contribution is 0.0545. The fourth-order valence-corrected chi connectivity index (χ4v) is 3.39. The standard InChI is InChI=1S/C20H26N2O2.CH4/c1-16(20(23)17-8-4-3-5-9-17)21-12-14-22(15-13-21)18-10-6-7-11-19(18)24-2;/h3-11,16,20,23H,12-15H2,1-2H3;1H4/t16-,20-;/m1./s1.